The second kappa shape index (κ2) is 15.6. The average Bonchev–Trinajstić information content (AvgIpc) is 3.00. The molecule has 1 atom stereocenters. The van der Waals surface area contributed by atoms with Crippen molar-refractivity contribution in [3.8, 4) is 0 Å². The van der Waals surface area contributed by atoms with Gasteiger partial charge in [-0.3, -0.25) is 0 Å². The van der Waals surface area contributed by atoms with Gasteiger partial charge in [-0.1, -0.05) is 91.4 Å². The minimum absolute atomic E-state index is 0.647. The van der Waals surface area contributed by atoms with E-state index in [9.17, 15) is 0 Å². The Bertz CT molecular complexity index is 313. The van der Waals surface area contributed by atoms with Crippen molar-refractivity contribution in [3.63, 3.8) is 0 Å². The van der Waals surface area contributed by atoms with Gasteiger partial charge in [0.05, 0.1) is 0 Å². The summed E-state index contributed by atoms with van der Waals surface area (Å²) in [5.41, 5.74) is 0. The van der Waals surface area contributed by atoms with Crippen LogP contribution < -0.4 is 0 Å². The highest BCUT2D eigenvalue weighted by Crippen LogP contribution is 2.23. The molecule has 0 aliphatic carbocycles. The zero-order valence-corrected chi connectivity index (χ0v) is 17.6. The maximum absolute atomic E-state index is 2.64. The summed E-state index contributed by atoms with van der Waals surface area (Å²) in [6, 6.07) is 0. The molecule has 2 heteroatoms. The first-order valence-electron chi connectivity index (χ1n) is 11.5. The molecule has 1 unspecified atom stereocenters. The Morgan fingerprint density at radius 1 is 0.520 bits per heavy atom. The molecule has 148 valence electrons. The van der Waals surface area contributed by atoms with Gasteiger partial charge < -0.3 is 9.80 Å². The zero-order chi connectivity index (χ0) is 18.2. The van der Waals surface area contributed by atoms with Gasteiger partial charge in [0, 0.05) is 25.5 Å². The molecular weight excluding hydrogens is 304 g/mol. The molecule has 0 aromatic rings. The van der Waals surface area contributed by atoms with Crippen LogP contribution in [0.4, 0.5) is 0 Å². The molecule has 0 N–H and O–H groups in total. The number of hydrogen-bond acceptors (Lipinski definition) is 2. The molecule has 1 heterocycles. The van der Waals surface area contributed by atoms with E-state index in [1.807, 2.05) is 0 Å². The van der Waals surface area contributed by atoms with Crippen molar-refractivity contribution >= 4 is 0 Å². The van der Waals surface area contributed by atoms with Crippen LogP contribution in [0.1, 0.15) is 117 Å². The Morgan fingerprint density at radius 3 is 1.40 bits per heavy atom. The summed E-state index contributed by atoms with van der Waals surface area (Å²) < 4.78 is 0. The van der Waals surface area contributed by atoms with Gasteiger partial charge in [-0.15, -0.1) is 0 Å². The van der Waals surface area contributed by atoms with E-state index in [1.54, 1.807) is 0 Å². The maximum atomic E-state index is 2.64. The molecule has 0 fully saturated rings. The van der Waals surface area contributed by atoms with E-state index in [0.717, 1.165) is 0 Å². The smallest absolute Gasteiger partial charge is 0.101 e. The normalized spacial score (nSPS) is 17.0. The molecule has 0 saturated carbocycles. The highest BCUT2D eigenvalue weighted by Gasteiger charge is 2.24. The van der Waals surface area contributed by atoms with Crippen LogP contribution in [-0.4, -0.2) is 29.1 Å². The third kappa shape index (κ3) is 10.2. The van der Waals surface area contributed by atoms with Gasteiger partial charge in [0.2, 0.25) is 0 Å². The summed E-state index contributed by atoms with van der Waals surface area (Å²) in [7, 11) is 0. The lowest BCUT2D eigenvalue weighted by molar-refractivity contribution is 0.135. The van der Waals surface area contributed by atoms with Crippen LogP contribution in [0.5, 0.6) is 0 Å². The van der Waals surface area contributed by atoms with Crippen molar-refractivity contribution in [2.24, 2.45) is 0 Å². The van der Waals surface area contributed by atoms with Crippen LogP contribution >= 0.6 is 0 Å². The van der Waals surface area contributed by atoms with Crippen LogP contribution in [0.3, 0.4) is 0 Å². The quantitative estimate of drug-likeness (QED) is 0.254. The molecule has 1 aliphatic heterocycles. The SMILES string of the molecule is CCCCCCCCN1C=CN(CCCCCCC)C1CCCCC. The molecule has 2 nitrogen and oxygen atoms in total. The third-order valence-electron chi connectivity index (χ3n) is 5.57. The van der Waals surface area contributed by atoms with Gasteiger partial charge in [0.1, 0.15) is 6.17 Å². The van der Waals surface area contributed by atoms with Crippen molar-refractivity contribution in [1.82, 2.24) is 9.80 Å². The Hall–Kier alpha value is -0.660. The van der Waals surface area contributed by atoms with Crippen molar-refractivity contribution < 1.29 is 0 Å². The third-order valence-corrected chi connectivity index (χ3v) is 5.57. The molecule has 0 spiro atoms. The highest BCUT2D eigenvalue weighted by atomic mass is 15.4. The standard InChI is InChI=1S/C23H46N2/c1-4-7-10-12-14-17-20-25-22-21-24(19-16-13-11-8-5-2)23(25)18-15-9-6-3/h21-23H,4-20H2,1-3H3. The van der Waals surface area contributed by atoms with Crippen molar-refractivity contribution in [1.29, 1.82) is 0 Å². The fourth-order valence-electron chi connectivity index (χ4n) is 3.89. The molecule has 0 aromatic carbocycles. The molecular formula is C23H46N2. The van der Waals surface area contributed by atoms with Crippen LogP contribution in [-0.2, 0) is 0 Å². The lowest BCUT2D eigenvalue weighted by Crippen LogP contribution is -2.39. The van der Waals surface area contributed by atoms with Crippen LogP contribution in [0.15, 0.2) is 12.4 Å². The summed E-state index contributed by atoms with van der Waals surface area (Å²) >= 11 is 0. The molecule has 0 aromatic heterocycles. The molecule has 1 rings (SSSR count). The first-order valence-corrected chi connectivity index (χ1v) is 11.5. The van der Waals surface area contributed by atoms with Crippen molar-refractivity contribution in [2.45, 2.75) is 123 Å². The molecule has 0 amide bonds. The molecule has 0 bridgehead atoms. The first kappa shape index (κ1) is 22.4. The monoisotopic (exact) mass is 350 g/mol. The van der Waals surface area contributed by atoms with Gasteiger partial charge in [0.25, 0.3) is 0 Å². The van der Waals surface area contributed by atoms with E-state index in [0.29, 0.717) is 6.17 Å². The fraction of sp³-hybridized carbons (Fsp3) is 0.913. The molecule has 1 aliphatic rings. The lowest BCUT2D eigenvalue weighted by atomic mass is 10.1. The molecule has 25 heavy (non-hydrogen) atoms. The Morgan fingerprint density at radius 2 is 0.920 bits per heavy atom. The maximum Gasteiger partial charge on any atom is 0.101 e. The summed E-state index contributed by atoms with van der Waals surface area (Å²) in [4.78, 5) is 5.28. The summed E-state index contributed by atoms with van der Waals surface area (Å²) in [5.74, 6) is 0. The topological polar surface area (TPSA) is 6.48 Å². The second-order valence-electron chi connectivity index (χ2n) is 7.93. The second-order valence-corrected chi connectivity index (χ2v) is 7.93. The lowest BCUT2D eigenvalue weighted by Gasteiger charge is -2.33. The minimum Gasteiger partial charge on any atom is -0.356 e. The molecule has 0 saturated heterocycles. The van der Waals surface area contributed by atoms with E-state index in [4.69, 9.17) is 0 Å². The minimum atomic E-state index is 0.647. The van der Waals surface area contributed by atoms with Gasteiger partial charge in [-0.2, -0.15) is 0 Å². The number of unbranched alkanes of at least 4 members (excludes halogenated alkanes) is 11. The fourth-order valence-corrected chi connectivity index (χ4v) is 3.89. The zero-order valence-electron chi connectivity index (χ0n) is 17.6. The van der Waals surface area contributed by atoms with Crippen LogP contribution in [0.25, 0.3) is 0 Å². The number of hydrogen-bond donors (Lipinski definition) is 0. The summed E-state index contributed by atoms with van der Waals surface area (Å²) in [5, 5.41) is 0. The van der Waals surface area contributed by atoms with Crippen LogP contribution in [0, 0.1) is 0 Å². The van der Waals surface area contributed by atoms with Crippen molar-refractivity contribution in [2.75, 3.05) is 13.1 Å². The Balaban J connectivity index is 2.30. The predicted molar refractivity (Wildman–Crippen MR) is 113 cm³/mol. The van der Waals surface area contributed by atoms with Gasteiger partial charge in [-0.05, 0) is 25.7 Å². The summed E-state index contributed by atoms with van der Waals surface area (Å²) in [6.07, 6.45) is 26.1. The number of nitrogens with zero attached hydrogens (tertiary/aromatic N) is 2. The Kier molecular flexibility index (Phi) is 14.0. The van der Waals surface area contributed by atoms with E-state index in [-0.39, 0.29) is 0 Å². The van der Waals surface area contributed by atoms with Gasteiger partial charge in [-0.25, -0.2) is 0 Å². The number of rotatable bonds is 17. The Labute approximate surface area is 159 Å². The van der Waals surface area contributed by atoms with Gasteiger partial charge in [0.15, 0.2) is 0 Å². The predicted octanol–water partition coefficient (Wildman–Crippen LogP) is 7.31. The van der Waals surface area contributed by atoms with E-state index < -0.39 is 0 Å². The van der Waals surface area contributed by atoms with E-state index >= 15 is 0 Å². The summed E-state index contributed by atoms with van der Waals surface area (Å²) in [6.45, 7) is 9.42. The van der Waals surface area contributed by atoms with E-state index in [1.165, 1.54) is 109 Å². The highest BCUT2D eigenvalue weighted by molar-refractivity contribution is 4.96. The molecule has 0 radical (unpaired) electrons. The average molecular weight is 351 g/mol. The van der Waals surface area contributed by atoms with Crippen molar-refractivity contribution in [3.05, 3.63) is 12.4 Å². The first-order chi connectivity index (χ1) is 12.3. The largest absolute Gasteiger partial charge is 0.356 e. The van der Waals surface area contributed by atoms with E-state index in [2.05, 4.69) is 43.0 Å². The van der Waals surface area contributed by atoms with Crippen LogP contribution in [0.2, 0.25) is 0 Å². The van der Waals surface area contributed by atoms with Gasteiger partial charge >= 0.3 is 0 Å².